The van der Waals surface area contributed by atoms with Crippen LogP contribution in [0.3, 0.4) is 0 Å². The Morgan fingerprint density at radius 3 is 2.68 bits per heavy atom. The first-order valence-electron chi connectivity index (χ1n) is 12.4. The summed E-state index contributed by atoms with van der Waals surface area (Å²) in [4.78, 5) is 37.2. The lowest BCUT2D eigenvalue weighted by Crippen LogP contribution is -2.59. The smallest absolute Gasteiger partial charge is 0.306 e. The van der Waals surface area contributed by atoms with Gasteiger partial charge in [0.15, 0.2) is 10.9 Å². The van der Waals surface area contributed by atoms with Gasteiger partial charge in [0.05, 0.1) is 0 Å². The monoisotopic (exact) mass is 442 g/mol. The van der Waals surface area contributed by atoms with Crippen molar-refractivity contribution in [3.05, 3.63) is 11.6 Å². The fourth-order valence-electron chi connectivity index (χ4n) is 9.22. The Balaban J connectivity index is 1.44. The van der Waals surface area contributed by atoms with Crippen LogP contribution in [0.15, 0.2) is 11.6 Å². The molecule has 5 fully saturated rings. The molecule has 6 rings (SSSR count). The Labute approximate surface area is 189 Å². The van der Waals surface area contributed by atoms with Crippen LogP contribution < -0.4 is 0 Å². The predicted octanol–water partition coefficient (Wildman–Crippen LogP) is 5.10. The molecule has 0 N–H and O–H groups in total. The average molecular weight is 443 g/mol. The van der Waals surface area contributed by atoms with Gasteiger partial charge >= 0.3 is 5.97 Å². The molecule has 1 spiro atoms. The molecule has 31 heavy (non-hydrogen) atoms. The number of allylic oxidation sites excluding steroid dienone is 1. The lowest BCUT2D eigenvalue weighted by atomic mass is 9.45. The van der Waals surface area contributed by atoms with Gasteiger partial charge in [0.2, 0.25) is 0 Å². The molecule has 168 valence electrons. The Morgan fingerprint density at radius 1 is 1.16 bits per heavy atom. The van der Waals surface area contributed by atoms with Crippen LogP contribution in [-0.4, -0.2) is 27.7 Å². The number of thioether (sulfide) groups is 1. The lowest BCUT2D eigenvalue weighted by molar-refractivity contribution is -0.176. The summed E-state index contributed by atoms with van der Waals surface area (Å²) in [5.41, 5.74) is 1.17. The van der Waals surface area contributed by atoms with E-state index in [1.165, 1.54) is 12.0 Å². The summed E-state index contributed by atoms with van der Waals surface area (Å²) < 4.78 is 6.23. The number of hydrogen-bond acceptors (Lipinski definition) is 5. The number of hydrogen-bond donors (Lipinski definition) is 0. The number of ketones is 1. The van der Waals surface area contributed by atoms with E-state index in [9.17, 15) is 14.4 Å². The topological polar surface area (TPSA) is 60.4 Å². The molecule has 0 aromatic rings. The quantitative estimate of drug-likeness (QED) is 0.557. The molecule has 0 aromatic carbocycles. The minimum Gasteiger partial charge on any atom is -0.458 e. The van der Waals surface area contributed by atoms with Crippen molar-refractivity contribution in [3.63, 3.8) is 0 Å². The molecule has 0 aromatic heterocycles. The summed E-state index contributed by atoms with van der Waals surface area (Å²) in [6.45, 7) is 6.77. The van der Waals surface area contributed by atoms with E-state index in [-0.39, 0.29) is 38.5 Å². The van der Waals surface area contributed by atoms with Gasteiger partial charge in [-0.25, -0.2) is 0 Å². The van der Waals surface area contributed by atoms with Gasteiger partial charge in [-0.15, -0.1) is 0 Å². The molecule has 9 atom stereocenters. The minimum absolute atomic E-state index is 0.00615. The van der Waals surface area contributed by atoms with Gasteiger partial charge in [-0.2, -0.15) is 0 Å². The predicted molar refractivity (Wildman–Crippen MR) is 119 cm³/mol. The molecule has 4 nitrogen and oxygen atoms in total. The molecular formula is C26H34O4S. The van der Waals surface area contributed by atoms with E-state index >= 15 is 0 Å². The van der Waals surface area contributed by atoms with Crippen molar-refractivity contribution >= 4 is 28.6 Å². The molecule has 0 radical (unpaired) electrons. The molecule has 5 aliphatic carbocycles. The van der Waals surface area contributed by atoms with Gasteiger partial charge in [-0.05, 0) is 73.7 Å². The van der Waals surface area contributed by atoms with Gasteiger partial charge in [0.1, 0.15) is 5.60 Å². The van der Waals surface area contributed by atoms with Crippen molar-refractivity contribution in [1.82, 2.24) is 0 Å². The van der Waals surface area contributed by atoms with Crippen LogP contribution in [0.4, 0.5) is 0 Å². The molecule has 5 unspecified atom stereocenters. The number of rotatable bonds is 2. The van der Waals surface area contributed by atoms with Crippen LogP contribution in [0, 0.1) is 40.4 Å². The van der Waals surface area contributed by atoms with Crippen LogP contribution in [0.5, 0.6) is 0 Å². The van der Waals surface area contributed by atoms with Gasteiger partial charge in [-0.1, -0.05) is 38.1 Å². The maximum absolute atomic E-state index is 12.6. The van der Waals surface area contributed by atoms with E-state index in [2.05, 4.69) is 13.8 Å². The van der Waals surface area contributed by atoms with E-state index < -0.39 is 0 Å². The lowest BCUT2D eigenvalue weighted by Gasteiger charge is -2.62. The molecule has 0 amide bonds. The SMILES string of the molecule is CCC(=O)S[C@H]1CC2=CC(=O)CC[C@]2(C)C2CC[C@@]3(C)C(C4CC4[C@@]34CCC(=O)O4)C21. The van der Waals surface area contributed by atoms with Crippen molar-refractivity contribution in [3.8, 4) is 0 Å². The van der Waals surface area contributed by atoms with E-state index in [0.717, 1.165) is 32.1 Å². The zero-order valence-corrected chi connectivity index (χ0v) is 19.8. The van der Waals surface area contributed by atoms with Crippen molar-refractivity contribution in [2.45, 2.75) is 89.4 Å². The summed E-state index contributed by atoms with van der Waals surface area (Å²) in [6.07, 6.45) is 9.85. The zero-order chi connectivity index (χ0) is 21.8. The summed E-state index contributed by atoms with van der Waals surface area (Å²) in [5, 5.41) is 0.524. The fourth-order valence-corrected chi connectivity index (χ4v) is 10.5. The second-order valence-corrected chi connectivity index (χ2v) is 13.0. The standard InChI is InChI=1S/C26H34O4S/c1-4-21(29)31-19-12-14-11-15(27)5-8-24(14,2)17-6-9-25(3)23(22(17)19)16-13-18(16)26(25)10-7-20(28)30-26/h11,16-19,22-23H,4-10,12-13H2,1-3H3/t16?,17?,18?,19-,22?,23?,24-,25-,26-/m0/s1. The van der Waals surface area contributed by atoms with Gasteiger partial charge in [-0.3, -0.25) is 14.4 Å². The van der Waals surface area contributed by atoms with E-state index in [1.54, 1.807) is 11.8 Å². The maximum Gasteiger partial charge on any atom is 0.306 e. The van der Waals surface area contributed by atoms with Crippen LogP contribution >= 0.6 is 11.8 Å². The maximum atomic E-state index is 12.6. The zero-order valence-electron chi connectivity index (χ0n) is 18.9. The molecule has 1 saturated heterocycles. The Hall–Kier alpha value is -1.10. The van der Waals surface area contributed by atoms with Crippen molar-refractivity contribution in [2.24, 2.45) is 40.4 Å². The number of carbonyl (C=O) groups is 3. The highest BCUT2D eigenvalue weighted by Gasteiger charge is 2.79. The number of ether oxygens (including phenoxy) is 1. The molecule has 4 saturated carbocycles. The Bertz CT molecular complexity index is 909. The first-order valence-corrected chi connectivity index (χ1v) is 13.3. The number of carbonyl (C=O) groups excluding carboxylic acids is 3. The molecule has 1 heterocycles. The summed E-state index contributed by atoms with van der Waals surface area (Å²) in [7, 11) is 0. The van der Waals surface area contributed by atoms with Crippen LogP contribution in [0.2, 0.25) is 0 Å². The highest BCUT2D eigenvalue weighted by molar-refractivity contribution is 8.14. The first kappa shape index (κ1) is 20.5. The fraction of sp³-hybridized carbons (Fsp3) is 0.808. The second-order valence-electron chi connectivity index (χ2n) is 11.7. The van der Waals surface area contributed by atoms with E-state index in [4.69, 9.17) is 4.74 Å². The third-order valence-corrected chi connectivity index (χ3v) is 12.0. The normalized spacial score (nSPS) is 52.0. The van der Waals surface area contributed by atoms with E-state index in [1.807, 2.05) is 13.0 Å². The van der Waals surface area contributed by atoms with Crippen LogP contribution in [0.1, 0.15) is 78.6 Å². The third kappa shape index (κ3) is 2.53. The number of esters is 1. The van der Waals surface area contributed by atoms with Gasteiger partial charge < -0.3 is 4.74 Å². The van der Waals surface area contributed by atoms with Crippen molar-refractivity contribution in [2.75, 3.05) is 0 Å². The number of fused-ring (bicyclic) bond motifs is 9. The van der Waals surface area contributed by atoms with Gasteiger partial charge in [0, 0.05) is 35.8 Å². The highest BCUT2D eigenvalue weighted by Crippen LogP contribution is 2.79. The Kier molecular flexibility index (Phi) is 4.29. The van der Waals surface area contributed by atoms with Crippen LogP contribution in [-0.2, 0) is 19.1 Å². The third-order valence-electron chi connectivity index (χ3n) is 10.7. The molecule has 1 aliphatic heterocycles. The summed E-state index contributed by atoms with van der Waals surface area (Å²) in [6, 6.07) is 0. The molecule has 0 bridgehead atoms. The summed E-state index contributed by atoms with van der Waals surface area (Å²) >= 11 is 1.56. The molecule has 6 aliphatic rings. The highest BCUT2D eigenvalue weighted by atomic mass is 32.2. The van der Waals surface area contributed by atoms with E-state index in [0.29, 0.717) is 48.9 Å². The molecule has 5 heteroatoms. The second kappa shape index (κ2) is 6.48. The van der Waals surface area contributed by atoms with Crippen molar-refractivity contribution in [1.29, 1.82) is 0 Å². The minimum atomic E-state index is -0.256. The van der Waals surface area contributed by atoms with Gasteiger partial charge in [0.25, 0.3) is 0 Å². The largest absolute Gasteiger partial charge is 0.458 e. The average Bonchev–Trinajstić information content (AvgIpc) is 3.37. The molecular weight excluding hydrogens is 408 g/mol. The van der Waals surface area contributed by atoms with Crippen LogP contribution in [0.25, 0.3) is 0 Å². The van der Waals surface area contributed by atoms with Crippen molar-refractivity contribution < 1.29 is 19.1 Å². The Morgan fingerprint density at radius 2 is 1.97 bits per heavy atom. The summed E-state index contributed by atoms with van der Waals surface area (Å²) in [5.74, 6) is 2.95. The first-order chi connectivity index (χ1) is 14.7.